The first kappa shape index (κ1) is 33.5. The Hall–Kier alpha value is -2.57. The quantitative estimate of drug-likeness (QED) is 0.265. The molecular weight excluding hydrogens is 478 g/mol. The maximum Gasteiger partial charge on any atom is 0.408 e. The van der Waals surface area contributed by atoms with Gasteiger partial charge in [-0.2, -0.15) is 0 Å². The standard InChI is InChI=1S/C31H53N3O4/c1-11-12-13-14-15-16-17-34(29(36)26(21(2)3)33-30(37)38-31(8,9)10)27(28(35)32-22(4)5)25-19-23(6)18-24(7)20-25/h18-22,26-27H,11-17H2,1-10H3,(H,32,35)(H,33,37). The average Bonchev–Trinajstić information content (AvgIpc) is 2.75. The maximum absolute atomic E-state index is 14.2. The van der Waals surface area contributed by atoms with Gasteiger partial charge >= 0.3 is 6.09 Å². The summed E-state index contributed by atoms with van der Waals surface area (Å²) in [7, 11) is 0. The van der Waals surface area contributed by atoms with Crippen molar-refractivity contribution in [2.75, 3.05) is 6.54 Å². The van der Waals surface area contributed by atoms with Gasteiger partial charge in [-0.1, -0.05) is 82.2 Å². The number of carbonyl (C=O) groups excluding carboxylic acids is 3. The number of hydrogen-bond acceptors (Lipinski definition) is 4. The number of unbranched alkanes of at least 4 members (excludes halogenated alkanes) is 5. The second-order valence-electron chi connectivity index (χ2n) is 12.2. The van der Waals surface area contributed by atoms with E-state index in [9.17, 15) is 14.4 Å². The first-order chi connectivity index (χ1) is 17.7. The molecule has 1 rings (SSSR count). The normalized spacial score (nSPS) is 13.3. The number of hydrogen-bond donors (Lipinski definition) is 2. The van der Waals surface area contributed by atoms with Crippen LogP contribution in [0.25, 0.3) is 0 Å². The van der Waals surface area contributed by atoms with Crippen LogP contribution in [0.15, 0.2) is 18.2 Å². The van der Waals surface area contributed by atoms with Crippen LogP contribution in [0.3, 0.4) is 0 Å². The Kier molecular flexibility index (Phi) is 13.9. The molecule has 2 unspecified atom stereocenters. The lowest BCUT2D eigenvalue weighted by atomic mass is 9.96. The van der Waals surface area contributed by atoms with Crippen LogP contribution in [-0.2, 0) is 14.3 Å². The number of benzene rings is 1. The average molecular weight is 532 g/mol. The summed E-state index contributed by atoms with van der Waals surface area (Å²) >= 11 is 0. The Morgan fingerprint density at radius 2 is 1.42 bits per heavy atom. The third-order valence-corrected chi connectivity index (χ3v) is 6.19. The predicted molar refractivity (Wildman–Crippen MR) is 155 cm³/mol. The highest BCUT2D eigenvalue weighted by atomic mass is 16.6. The molecule has 0 aromatic heterocycles. The van der Waals surface area contributed by atoms with E-state index in [4.69, 9.17) is 4.74 Å². The molecule has 3 amide bonds. The van der Waals surface area contributed by atoms with Gasteiger partial charge in [-0.05, 0) is 66.4 Å². The molecule has 0 spiro atoms. The van der Waals surface area contributed by atoms with E-state index in [1.54, 1.807) is 25.7 Å². The fourth-order valence-corrected chi connectivity index (χ4v) is 4.56. The number of nitrogens with zero attached hydrogens (tertiary/aromatic N) is 1. The van der Waals surface area contributed by atoms with Gasteiger partial charge < -0.3 is 20.3 Å². The lowest BCUT2D eigenvalue weighted by molar-refractivity contribution is -0.143. The zero-order valence-corrected chi connectivity index (χ0v) is 25.6. The Morgan fingerprint density at radius 1 is 0.868 bits per heavy atom. The Balaban J connectivity index is 3.46. The van der Waals surface area contributed by atoms with Crippen molar-refractivity contribution in [3.63, 3.8) is 0 Å². The molecule has 0 heterocycles. The highest BCUT2D eigenvalue weighted by molar-refractivity contribution is 5.92. The molecule has 1 aromatic rings. The largest absolute Gasteiger partial charge is 0.444 e. The topological polar surface area (TPSA) is 87.7 Å². The van der Waals surface area contributed by atoms with Crippen molar-refractivity contribution in [3.8, 4) is 0 Å². The molecule has 7 nitrogen and oxygen atoms in total. The molecule has 216 valence electrons. The number of aryl methyl sites for hydroxylation is 2. The molecule has 0 saturated carbocycles. The molecule has 0 fully saturated rings. The first-order valence-corrected chi connectivity index (χ1v) is 14.3. The zero-order chi connectivity index (χ0) is 29.0. The molecule has 0 aliphatic carbocycles. The summed E-state index contributed by atoms with van der Waals surface area (Å²) in [5.41, 5.74) is 2.15. The van der Waals surface area contributed by atoms with Gasteiger partial charge in [0.15, 0.2) is 0 Å². The minimum absolute atomic E-state index is 0.0808. The fourth-order valence-electron chi connectivity index (χ4n) is 4.56. The van der Waals surface area contributed by atoms with Crippen molar-refractivity contribution in [3.05, 3.63) is 34.9 Å². The molecule has 0 radical (unpaired) electrons. The van der Waals surface area contributed by atoms with Gasteiger partial charge in [-0.25, -0.2) is 4.79 Å². The number of nitrogens with one attached hydrogen (secondary N) is 2. The van der Waals surface area contributed by atoms with Crippen molar-refractivity contribution in [1.29, 1.82) is 0 Å². The predicted octanol–water partition coefficient (Wildman–Crippen LogP) is 6.61. The van der Waals surface area contributed by atoms with Crippen molar-refractivity contribution in [1.82, 2.24) is 15.5 Å². The van der Waals surface area contributed by atoms with Crippen LogP contribution in [0.1, 0.15) is 117 Å². The number of rotatable bonds is 14. The Bertz CT molecular complexity index is 885. The number of amides is 3. The van der Waals surface area contributed by atoms with Gasteiger partial charge in [0.25, 0.3) is 0 Å². The Labute approximate surface area is 231 Å². The van der Waals surface area contributed by atoms with Crippen LogP contribution in [0, 0.1) is 19.8 Å². The molecule has 2 N–H and O–H groups in total. The van der Waals surface area contributed by atoms with Crippen LogP contribution in [0.2, 0.25) is 0 Å². The summed E-state index contributed by atoms with van der Waals surface area (Å²) in [6.07, 6.45) is 5.73. The summed E-state index contributed by atoms with van der Waals surface area (Å²) in [6.45, 7) is 19.6. The van der Waals surface area contributed by atoms with Crippen LogP contribution in [0.4, 0.5) is 4.79 Å². The summed E-state index contributed by atoms with van der Waals surface area (Å²) < 4.78 is 5.46. The van der Waals surface area contributed by atoms with Crippen molar-refractivity contribution < 1.29 is 19.1 Å². The number of alkyl carbamates (subject to hydrolysis) is 1. The number of carbonyl (C=O) groups is 3. The lowest BCUT2D eigenvalue weighted by Gasteiger charge is -2.36. The molecule has 0 bridgehead atoms. The number of ether oxygens (including phenoxy) is 1. The first-order valence-electron chi connectivity index (χ1n) is 14.3. The van der Waals surface area contributed by atoms with Gasteiger partial charge in [0.05, 0.1) is 0 Å². The van der Waals surface area contributed by atoms with Crippen LogP contribution in [0.5, 0.6) is 0 Å². The third-order valence-electron chi connectivity index (χ3n) is 6.19. The maximum atomic E-state index is 14.2. The van der Waals surface area contributed by atoms with Crippen LogP contribution >= 0.6 is 0 Å². The third kappa shape index (κ3) is 11.9. The summed E-state index contributed by atoms with van der Waals surface area (Å²) in [5, 5.41) is 5.83. The highest BCUT2D eigenvalue weighted by Gasteiger charge is 2.37. The molecule has 7 heteroatoms. The van der Waals surface area contributed by atoms with Crippen LogP contribution in [-0.4, -0.2) is 47.0 Å². The van der Waals surface area contributed by atoms with Crippen molar-refractivity contribution >= 4 is 17.9 Å². The minimum Gasteiger partial charge on any atom is -0.444 e. The monoisotopic (exact) mass is 531 g/mol. The molecule has 0 saturated heterocycles. The molecule has 0 aliphatic rings. The summed E-state index contributed by atoms with van der Waals surface area (Å²) in [5.74, 6) is -0.693. The Morgan fingerprint density at radius 3 is 1.92 bits per heavy atom. The van der Waals surface area contributed by atoms with E-state index in [0.717, 1.165) is 42.4 Å². The molecule has 0 aliphatic heterocycles. The minimum atomic E-state index is -0.829. The van der Waals surface area contributed by atoms with E-state index >= 15 is 0 Å². The molecule has 2 atom stereocenters. The second kappa shape index (κ2) is 15.7. The molecule has 1 aromatic carbocycles. The van der Waals surface area contributed by atoms with Gasteiger partial charge in [0, 0.05) is 12.6 Å². The SMILES string of the molecule is CCCCCCCCN(C(=O)C(NC(=O)OC(C)(C)C)C(C)C)C(C(=O)NC(C)C)c1cc(C)cc(C)c1. The van der Waals surface area contributed by atoms with Gasteiger partial charge in [0.2, 0.25) is 11.8 Å². The van der Waals surface area contributed by atoms with E-state index in [1.165, 1.54) is 12.8 Å². The lowest BCUT2D eigenvalue weighted by Crippen LogP contribution is -2.55. The second-order valence-corrected chi connectivity index (χ2v) is 12.2. The van der Waals surface area contributed by atoms with Gasteiger partial charge in [-0.3, -0.25) is 9.59 Å². The fraction of sp³-hybridized carbons (Fsp3) is 0.710. The van der Waals surface area contributed by atoms with E-state index in [2.05, 4.69) is 23.6 Å². The van der Waals surface area contributed by atoms with E-state index in [0.29, 0.717) is 6.54 Å². The summed E-state index contributed by atoms with van der Waals surface area (Å²) in [4.78, 5) is 42.2. The zero-order valence-electron chi connectivity index (χ0n) is 25.6. The highest BCUT2D eigenvalue weighted by Crippen LogP contribution is 2.27. The van der Waals surface area contributed by atoms with Gasteiger partial charge in [-0.15, -0.1) is 0 Å². The van der Waals surface area contributed by atoms with Crippen molar-refractivity contribution in [2.24, 2.45) is 5.92 Å². The van der Waals surface area contributed by atoms with E-state index < -0.39 is 23.8 Å². The smallest absolute Gasteiger partial charge is 0.408 e. The summed E-state index contributed by atoms with van der Waals surface area (Å²) in [6, 6.07) is 4.30. The van der Waals surface area contributed by atoms with Gasteiger partial charge in [0.1, 0.15) is 17.7 Å². The van der Waals surface area contributed by atoms with Crippen molar-refractivity contribution in [2.45, 2.75) is 131 Å². The molecular formula is C31H53N3O4. The van der Waals surface area contributed by atoms with E-state index in [1.807, 2.05) is 53.7 Å². The van der Waals surface area contributed by atoms with Crippen LogP contribution < -0.4 is 10.6 Å². The van der Waals surface area contributed by atoms with E-state index in [-0.39, 0.29) is 23.8 Å². The molecule has 38 heavy (non-hydrogen) atoms.